The Bertz CT molecular complexity index is 2170. The molecular weight excluding hydrogens is 710 g/mol. The zero-order chi connectivity index (χ0) is 37.5. The van der Waals surface area contributed by atoms with Crippen LogP contribution in [0, 0.1) is 5.95 Å². The molecule has 3 heterocycles. The largest absolute Gasteiger partial charge is 0.488 e. The van der Waals surface area contributed by atoms with Crippen molar-refractivity contribution in [3.8, 4) is 5.75 Å². The lowest BCUT2D eigenvalue weighted by Gasteiger charge is -2.41. The van der Waals surface area contributed by atoms with E-state index in [4.69, 9.17) is 14.5 Å². The second-order valence-electron chi connectivity index (χ2n) is 13.4. The Kier molecular flexibility index (Phi) is 11.3. The number of carbonyl (C=O) groups excluding carboxylic acids is 2. The Hall–Kier alpha value is -5.53. The van der Waals surface area contributed by atoms with Crippen molar-refractivity contribution in [3.63, 3.8) is 0 Å². The van der Waals surface area contributed by atoms with E-state index >= 15 is 0 Å². The van der Waals surface area contributed by atoms with Crippen LogP contribution in [0.25, 0.3) is 0 Å². The van der Waals surface area contributed by atoms with Crippen molar-refractivity contribution in [2.45, 2.75) is 75.1 Å². The molecule has 1 saturated carbocycles. The number of carbonyl (C=O) groups is 2. The lowest BCUT2D eigenvalue weighted by atomic mass is 9.87. The first-order valence-corrected chi connectivity index (χ1v) is 19.5. The number of halogens is 1. The summed E-state index contributed by atoms with van der Waals surface area (Å²) in [6.45, 7) is 0.244. The molecule has 1 saturated heterocycles. The van der Waals surface area contributed by atoms with Crippen molar-refractivity contribution in [2.75, 3.05) is 11.4 Å². The van der Waals surface area contributed by atoms with Gasteiger partial charge in [-0.25, -0.2) is 18.2 Å². The summed E-state index contributed by atoms with van der Waals surface area (Å²) in [6, 6.07) is 24.5. The molecule has 13 heteroatoms. The van der Waals surface area contributed by atoms with Gasteiger partial charge < -0.3 is 14.4 Å². The molecule has 5 aromatic rings. The Morgan fingerprint density at radius 2 is 1.52 bits per heavy atom. The van der Waals surface area contributed by atoms with Crippen LogP contribution >= 0.6 is 0 Å². The average molecular weight is 750 g/mol. The number of amides is 1. The topological polar surface area (TPSA) is 132 Å². The van der Waals surface area contributed by atoms with Crippen molar-refractivity contribution in [1.82, 2.24) is 19.3 Å². The number of ether oxygens (including phenoxy) is 2. The van der Waals surface area contributed by atoms with Crippen LogP contribution in [0.15, 0.2) is 114 Å². The molecule has 11 nitrogen and oxygen atoms in total. The van der Waals surface area contributed by atoms with Crippen LogP contribution in [-0.4, -0.2) is 52.1 Å². The molecule has 2 aromatic heterocycles. The Morgan fingerprint density at radius 3 is 2.15 bits per heavy atom. The first kappa shape index (κ1) is 36.8. The fourth-order valence-electron chi connectivity index (χ4n) is 6.75. The fourth-order valence-corrected chi connectivity index (χ4v) is 8.32. The summed E-state index contributed by atoms with van der Waals surface area (Å²) in [5, 5.41) is 0. The maximum absolute atomic E-state index is 14.5. The van der Waals surface area contributed by atoms with E-state index in [9.17, 15) is 22.4 Å². The number of hydrogen-bond acceptors (Lipinski definition) is 9. The monoisotopic (exact) mass is 749 g/mol. The van der Waals surface area contributed by atoms with Crippen molar-refractivity contribution in [2.24, 2.45) is 0 Å². The van der Waals surface area contributed by atoms with Crippen molar-refractivity contribution in [1.29, 1.82) is 0 Å². The minimum absolute atomic E-state index is 0.0325. The molecule has 1 amide bonds. The summed E-state index contributed by atoms with van der Waals surface area (Å²) >= 11 is 0. The standard InChI is InChI=1S/C41H40FN5O6S/c42-39-19-17-34(24-45-39)54(50,51)47-21-20-37(47)40(48)46(26-32-23-44-36(25-43-32)31-14-8-3-9-15-31)33-16-18-35(41(49)53-28-30-12-6-2-7-13-30)38(22-33)52-27-29-10-4-1-5-11-29/h1-2,4-7,10-13,16-19,22-25,31,37H,3,8-9,14-15,20-21,26-28H2/t37-/m1/s1. The summed E-state index contributed by atoms with van der Waals surface area (Å²) < 4.78 is 53.8. The van der Waals surface area contributed by atoms with E-state index in [1.165, 1.54) is 11.3 Å². The van der Waals surface area contributed by atoms with E-state index in [1.54, 1.807) is 30.6 Å². The minimum atomic E-state index is -4.17. The number of pyridine rings is 1. The number of sulfonamides is 1. The second-order valence-corrected chi connectivity index (χ2v) is 15.3. The van der Waals surface area contributed by atoms with Gasteiger partial charge in [-0.15, -0.1) is 0 Å². The van der Waals surface area contributed by atoms with Crippen LogP contribution in [0.3, 0.4) is 0 Å². The third-order valence-electron chi connectivity index (χ3n) is 9.84. The molecule has 2 aliphatic rings. The highest BCUT2D eigenvalue weighted by Gasteiger charge is 2.45. The van der Waals surface area contributed by atoms with Crippen LogP contribution in [0.2, 0.25) is 0 Å². The summed E-state index contributed by atoms with van der Waals surface area (Å²) in [4.78, 5) is 42.1. The normalized spacial score (nSPS) is 16.3. The molecule has 1 atom stereocenters. The van der Waals surface area contributed by atoms with E-state index < -0.39 is 33.9 Å². The molecule has 0 N–H and O–H groups in total. The predicted octanol–water partition coefficient (Wildman–Crippen LogP) is 6.99. The maximum atomic E-state index is 14.5. The van der Waals surface area contributed by atoms with E-state index in [2.05, 4.69) is 9.97 Å². The van der Waals surface area contributed by atoms with Gasteiger partial charge in [0.1, 0.15) is 35.5 Å². The van der Waals surface area contributed by atoms with Gasteiger partial charge in [0, 0.05) is 30.4 Å². The fraction of sp³-hybridized carbons (Fsp3) is 0.293. The summed E-state index contributed by atoms with van der Waals surface area (Å²) in [7, 11) is -4.17. The molecule has 0 spiro atoms. The van der Waals surface area contributed by atoms with E-state index in [0.29, 0.717) is 17.3 Å². The molecule has 0 bridgehead atoms. The van der Waals surface area contributed by atoms with Gasteiger partial charge in [-0.2, -0.15) is 8.70 Å². The van der Waals surface area contributed by atoms with Crippen molar-refractivity contribution < 1.29 is 31.9 Å². The summed E-state index contributed by atoms with van der Waals surface area (Å²) in [5.74, 6) is -1.41. The van der Waals surface area contributed by atoms with Gasteiger partial charge in [0.25, 0.3) is 0 Å². The lowest BCUT2D eigenvalue weighted by Crippen LogP contribution is -2.59. The maximum Gasteiger partial charge on any atom is 0.342 e. The highest BCUT2D eigenvalue weighted by Crippen LogP contribution is 2.34. The van der Waals surface area contributed by atoms with Gasteiger partial charge in [0.2, 0.25) is 21.9 Å². The van der Waals surface area contributed by atoms with Crippen molar-refractivity contribution >= 4 is 27.6 Å². The SMILES string of the molecule is O=C(OCc1ccccc1)c1ccc(N(Cc2cnc(C3CCCCC3)cn2)C(=O)[C@H]2CCN2S(=O)(=O)c2ccc(F)nc2)cc1OCc1ccccc1. The number of esters is 1. The predicted molar refractivity (Wildman–Crippen MR) is 198 cm³/mol. The Morgan fingerprint density at radius 1 is 0.796 bits per heavy atom. The van der Waals surface area contributed by atoms with Crippen LogP contribution in [0.4, 0.5) is 10.1 Å². The highest BCUT2D eigenvalue weighted by atomic mass is 32.2. The van der Waals surface area contributed by atoms with E-state index in [-0.39, 0.29) is 48.9 Å². The molecule has 1 aliphatic carbocycles. The lowest BCUT2D eigenvalue weighted by molar-refractivity contribution is -0.125. The molecule has 0 radical (unpaired) electrons. The molecule has 278 valence electrons. The van der Waals surface area contributed by atoms with E-state index in [0.717, 1.165) is 65.1 Å². The van der Waals surface area contributed by atoms with Crippen LogP contribution in [0.5, 0.6) is 5.75 Å². The number of benzene rings is 3. The summed E-state index contributed by atoms with van der Waals surface area (Å²) in [5.41, 5.74) is 3.60. The minimum Gasteiger partial charge on any atom is -0.488 e. The zero-order valence-corrected chi connectivity index (χ0v) is 30.4. The zero-order valence-electron chi connectivity index (χ0n) is 29.6. The van der Waals surface area contributed by atoms with Crippen LogP contribution in [0.1, 0.15) is 77.3 Å². The van der Waals surface area contributed by atoms with Crippen LogP contribution < -0.4 is 9.64 Å². The van der Waals surface area contributed by atoms with Crippen molar-refractivity contribution in [3.05, 3.63) is 144 Å². The Balaban J connectivity index is 1.21. The van der Waals surface area contributed by atoms with Crippen LogP contribution in [-0.2, 0) is 39.3 Å². The number of hydrogen-bond donors (Lipinski definition) is 0. The first-order valence-electron chi connectivity index (χ1n) is 18.0. The summed E-state index contributed by atoms with van der Waals surface area (Å²) in [6.07, 6.45) is 10.2. The van der Waals surface area contributed by atoms with Gasteiger partial charge in [-0.1, -0.05) is 79.9 Å². The average Bonchev–Trinajstić information content (AvgIpc) is 3.19. The number of aromatic nitrogens is 3. The smallest absolute Gasteiger partial charge is 0.342 e. The van der Waals surface area contributed by atoms with Gasteiger partial charge in [0.15, 0.2) is 0 Å². The third kappa shape index (κ3) is 8.48. The number of anilines is 1. The second kappa shape index (κ2) is 16.6. The molecular formula is C41H40FN5O6S. The quantitative estimate of drug-likeness (QED) is 0.0923. The third-order valence-corrected chi connectivity index (χ3v) is 11.7. The highest BCUT2D eigenvalue weighted by molar-refractivity contribution is 7.89. The van der Waals surface area contributed by atoms with Gasteiger partial charge in [-0.3, -0.25) is 14.8 Å². The van der Waals surface area contributed by atoms with Gasteiger partial charge in [0.05, 0.1) is 30.3 Å². The molecule has 7 rings (SSSR count). The Labute approximate surface area is 313 Å². The number of rotatable bonds is 13. The van der Waals surface area contributed by atoms with Gasteiger partial charge >= 0.3 is 5.97 Å². The first-order chi connectivity index (χ1) is 26.3. The molecule has 2 fully saturated rings. The molecule has 3 aromatic carbocycles. The molecule has 0 unspecified atom stereocenters. The van der Waals surface area contributed by atoms with Gasteiger partial charge in [-0.05, 0) is 54.7 Å². The number of nitrogens with zero attached hydrogens (tertiary/aromatic N) is 5. The van der Waals surface area contributed by atoms with E-state index in [1.807, 2.05) is 60.7 Å². The molecule has 54 heavy (non-hydrogen) atoms. The molecule has 1 aliphatic heterocycles.